The number of carbonyl (C=O) groups is 3. The maximum absolute atomic E-state index is 11.3. The molecular formula is C9H10O4. The number of ketones is 2. The summed E-state index contributed by atoms with van der Waals surface area (Å²) in [5.41, 5.74) is 0. The topological polar surface area (TPSA) is 60.4 Å². The van der Waals surface area contributed by atoms with Gasteiger partial charge in [0.2, 0.25) is 0 Å². The molecule has 0 aromatic heterocycles. The van der Waals surface area contributed by atoms with E-state index < -0.39 is 17.7 Å². The number of hydrogen-bond donors (Lipinski definition) is 0. The first kappa shape index (κ1) is 9.64. The van der Waals surface area contributed by atoms with Crippen molar-refractivity contribution in [3.63, 3.8) is 0 Å². The molecule has 0 radical (unpaired) electrons. The first-order valence-corrected chi connectivity index (χ1v) is 4.10. The molecule has 0 aliphatic carbocycles. The van der Waals surface area contributed by atoms with Crippen molar-refractivity contribution in [3.05, 3.63) is 12.3 Å². The molecule has 0 saturated heterocycles. The van der Waals surface area contributed by atoms with Crippen LogP contribution in [0.5, 0.6) is 0 Å². The van der Waals surface area contributed by atoms with Crippen LogP contribution >= 0.6 is 0 Å². The summed E-state index contributed by atoms with van der Waals surface area (Å²) < 4.78 is 4.47. The Morgan fingerprint density at radius 1 is 1.54 bits per heavy atom. The Kier molecular flexibility index (Phi) is 2.95. The number of hydrogen-bond acceptors (Lipinski definition) is 4. The summed E-state index contributed by atoms with van der Waals surface area (Å²) in [5.74, 6) is -2.81. The second-order valence-corrected chi connectivity index (χ2v) is 2.79. The van der Waals surface area contributed by atoms with Crippen LogP contribution in [0.15, 0.2) is 12.3 Å². The zero-order valence-corrected chi connectivity index (χ0v) is 7.28. The monoisotopic (exact) mass is 182 g/mol. The third-order valence-electron chi connectivity index (χ3n) is 1.76. The van der Waals surface area contributed by atoms with E-state index in [1.807, 2.05) is 6.92 Å². The molecule has 1 rings (SSSR count). The fraction of sp³-hybridized carbons (Fsp3) is 0.444. The van der Waals surface area contributed by atoms with Crippen molar-refractivity contribution in [2.24, 2.45) is 5.92 Å². The maximum Gasteiger partial charge on any atom is 0.329 e. The molecule has 1 heterocycles. The predicted molar refractivity (Wildman–Crippen MR) is 43.6 cm³/mol. The zero-order valence-electron chi connectivity index (χ0n) is 7.28. The van der Waals surface area contributed by atoms with Gasteiger partial charge >= 0.3 is 5.97 Å². The van der Waals surface area contributed by atoms with Gasteiger partial charge in [-0.05, 0) is 6.42 Å². The Morgan fingerprint density at radius 2 is 2.23 bits per heavy atom. The summed E-state index contributed by atoms with van der Waals surface area (Å²) >= 11 is 0. The molecule has 0 aromatic rings. The van der Waals surface area contributed by atoms with Crippen molar-refractivity contribution in [2.45, 2.75) is 19.8 Å². The van der Waals surface area contributed by atoms with E-state index >= 15 is 0 Å². The molecule has 1 unspecified atom stereocenters. The summed E-state index contributed by atoms with van der Waals surface area (Å²) in [6.07, 6.45) is 2.99. The first-order chi connectivity index (χ1) is 6.16. The van der Waals surface area contributed by atoms with Gasteiger partial charge < -0.3 is 4.74 Å². The quantitative estimate of drug-likeness (QED) is 0.474. The van der Waals surface area contributed by atoms with Crippen LogP contribution in [0, 0.1) is 5.92 Å². The van der Waals surface area contributed by atoms with E-state index in [9.17, 15) is 14.4 Å². The summed E-state index contributed by atoms with van der Waals surface area (Å²) in [5, 5.41) is 0. The van der Waals surface area contributed by atoms with E-state index in [0.717, 1.165) is 12.3 Å². The highest BCUT2D eigenvalue weighted by molar-refractivity contribution is 6.21. The standard InChI is InChI=1S/C9H10O4/c1-2-3-6(10)8-7(11)4-5-13-9(8)12/h4-5,8H,2-3H2,1H3. The summed E-state index contributed by atoms with van der Waals surface area (Å²) in [6, 6.07) is 0. The van der Waals surface area contributed by atoms with Gasteiger partial charge in [-0.3, -0.25) is 14.4 Å². The van der Waals surface area contributed by atoms with Crippen LogP contribution in [0.25, 0.3) is 0 Å². The van der Waals surface area contributed by atoms with Gasteiger partial charge in [-0.1, -0.05) is 6.92 Å². The largest absolute Gasteiger partial charge is 0.433 e. The summed E-state index contributed by atoms with van der Waals surface area (Å²) in [4.78, 5) is 33.4. The van der Waals surface area contributed by atoms with Crippen LogP contribution in [0.3, 0.4) is 0 Å². The van der Waals surface area contributed by atoms with Gasteiger partial charge in [0.15, 0.2) is 17.5 Å². The van der Waals surface area contributed by atoms with Gasteiger partial charge in [-0.15, -0.1) is 0 Å². The molecule has 0 N–H and O–H groups in total. The van der Waals surface area contributed by atoms with Gasteiger partial charge in [-0.25, -0.2) is 0 Å². The SMILES string of the molecule is CCCC(=O)C1C(=O)C=COC1=O. The molecule has 1 aliphatic heterocycles. The predicted octanol–water partition coefficient (Wildman–Crippen LogP) is 0.611. The van der Waals surface area contributed by atoms with Gasteiger partial charge in [0.05, 0.1) is 6.26 Å². The van der Waals surface area contributed by atoms with Crippen molar-refractivity contribution in [1.29, 1.82) is 0 Å². The van der Waals surface area contributed by atoms with E-state index in [1.165, 1.54) is 0 Å². The Labute approximate surface area is 75.6 Å². The molecule has 4 heteroatoms. The van der Waals surface area contributed by atoms with Crippen LogP contribution in [0.2, 0.25) is 0 Å². The summed E-state index contributed by atoms with van der Waals surface area (Å²) in [6.45, 7) is 1.81. The minimum absolute atomic E-state index is 0.235. The lowest BCUT2D eigenvalue weighted by molar-refractivity contribution is -0.151. The van der Waals surface area contributed by atoms with Crippen LogP contribution in [-0.2, 0) is 19.1 Å². The molecule has 13 heavy (non-hydrogen) atoms. The second-order valence-electron chi connectivity index (χ2n) is 2.79. The van der Waals surface area contributed by atoms with Crippen molar-refractivity contribution in [3.8, 4) is 0 Å². The van der Waals surface area contributed by atoms with Crippen molar-refractivity contribution >= 4 is 17.5 Å². The lowest BCUT2D eigenvalue weighted by Crippen LogP contribution is -2.33. The number of Topliss-reactive ketones (excluding diaryl/α,β-unsaturated/α-hetero) is 1. The molecule has 1 atom stereocenters. The smallest absolute Gasteiger partial charge is 0.329 e. The van der Waals surface area contributed by atoms with Crippen molar-refractivity contribution in [1.82, 2.24) is 0 Å². The Morgan fingerprint density at radius 3 is 2.77 bits per heavy atom. The fourth-order valence-electron chi connectivity index (χ4n) is 1.13. The van der Waals surface area contributed by atoms with E-state index in [0.29, 0.717) is 6.42 Å². The van der Waals surface area contributed by atoms with E-state index in [-0.39, 0.29) is 12.2 Å². The minimum Gasteiger partial charge on any atom is -0.433 e. The number of esters is 1. The third-order valence-corrected chi connectivity index (χ3v) is 1.76. The van der Waals surface area contributed by atoms with E-state index in [1.54, 1.807) is 0 Å². The summed E-state index contributed by atoms with van der Waals surface area (Å²) in [7, 11) is 0. The molecule has 70 valence electrons. The van der Waals surface area contributed by atoms with Crippen LogP contribution in [-0.4, -0.2) is 17.5 Å². The van der Waals surface area contributed by atoms with E-state index in [4.69, 9.17) is 0 Å². The molecule has 0 amide bonds. The lowest BCUT2D eigenvalue weighted by Gasteiger charge is -2.13. The van der Waals surface area contributed by atoms with Crippen molar-refractivity contribution in [2.75, 3.05) is 0 Å². The first-order valence-electron chi connectivity index (χ1n) is 4.10. The molecule has 0 spiro atoms. The minimum atomic E-state index is -1.22. The highest BCUT2D eigenvalue weighted by Gasteiger charge is 2.34. The lowest BCUT2D eigenvalue weighted by atomic mass is 9.95. The Hall–Kier alpha value is -1.45. The number of ether oxygens (including phenoxy) is 1. The van der Waals surface area contributed by atoms with Crippen LogP contribution < -0.4 is 0 Å². The van der Waals surface area contributed by atoms with Crippen LogP contribution in [0.4, 0.5) is 0 Å². The van der Waals surface area contributed by atoms with Crippen molar-refractivity contribution < 1.29 is 19.1 Å². The second kappa shape index (κ2) is 3.98. The molecule has 1 aliphatic rings. The number of carbonyl (C=O) groups excluding carboxylic acids is 3. The normalized spacial score (nSPS) is 21.5. The number of cyclic esters (lactones) is 1. The average Bonchev–Trinajstić information content (AvgIpc) is 2.04. The number of allylic oxidation sites excluding steroid dienone is 1. The molecule has 4 nitrogen and oxygen atoms in total. The van der Waals surface area contributed by atoms with Crippen LogP contribution in [0.1, 0.15) is 19.8 Å². The van der Waals surface area contributed by atoms with Gasteiger partial charge in [0.1, 0.15) is 0 Å². The van der Waals surface area contributed by atoms with Gasteiger partial charge in [-0.2, -0.15) is 0 Å². The van der Waals surface area contributed by atoms with Gasteiger partial charge in [0, 0.05) is 12.5 Å². The van der Waals surface area contributed by atoms with Gasteiger partial charge in [0.25, 0.3) is 0 Å². The highest BCUT2D eigenvalue weighted by Crippen LogP contribution is 2.12. The molecule has 0 aromatic carbocycles. The number of rotatable bonds is 3. The Bertz CT molecular complexity index is 277. The van der Waals surface area contributed by atoms with E-state index in [2.05, 4.69) is 4.74 Å². The molecule has 0 saturated carbocycles. The zero-order chi connectivity index (χ0) is 9.84. The maximum atomic E-state index is 11.3. The average molecular weight is 182 g/mol. The fourth-order valence-corrected chi connectivity index (χ4v) is 1.13. The highest BCUT2D eigenvalue weighted by atomic mass is 16.5. The Balaban J connectivity index is 2.77. The molecule has 0 bridgehead atoms. The molecular weight excluding hydrogens is 172 g/mol. The third kappa shape index (κ3) is 2.02. The molecule has 0 fully saturated rings.